The average molecular weight is 220 g/mol. The lowest BCUT2D eigenvalue weighted by Gasteiger charge is -2.01. The van der Waals surface area contributed by atoms with E-state index in [-0.39, 0.29) is 0 Å². The summed E-state index contributed by atoms with van der Waals surface area (Å²) in [5, 5.41) is 0. The van der Waals surface area contributed by atoms with Crippen molar-refractivity contribution in [3.8, 4) is 0 Å². The largest absolute Gasteiger partial charge is 0.330 e. The fraction of sp³-hybridized carbons (Fsp3) is 0.643. The van der Waals surface area contributed by atoms with Crippen LogP contribution >= 0.6 is 0 Å². The normalized spacial score (nSPS) is 10.6. The molecule has 0 aliphatic heterocycles. The summed E-state index contributed by atoms with van der Waals surface area (Å²) in [6.07, 6.45) is 14.2. The lowest BCUT2D eigenvalue weighted by atomic mass is 10.1. The highest BCUT2D eigenvalue weighted by Gasteiger charge is 1.93. The second-order valence-electron chi connectivity index (χ2n) is 4.37. The van der Waals surface area contributed by atoms with Crippen LogP contribution in [-0.4, -0.2) is 11.5 Å². The molecule has 0 saturated carbocycles. The molecule has 0 saturated heterocycles. The molecule has 1 heterocycles. The molecule has 0 radical (unpaired) electrons. The molecule has 0 spiro atoms. The Kier molecular flexibility index (Phi) is 7.70. The molecule has 0 bridgehead atoms. The van der Waals surface area contributed by atoms with Gasteiger partial charge in [-0.25, -0.2) is 0 Å². The first-order valence-electron chi connectivity index (χ1n) is 6.52. The minimum atomic E-state index is 0.848. The molecule has 0 aliphatic carbocycles. The molecular formula is C14H24N2. The van der Waals surface area contributed by atoms with Gasteiger partial charge in [-0.05, 0) is 37.4 Å². The van der Waals surface area contributed by atoms with Gasteiger partial charge in [0.05, 0.1) is 0 Å². The zero-order valence-corrected chi connectivity index (χ0v) is 10.2. The summed E-state index contributed by atoms with van der Waals surface area (Å²) in [4.78, 5) is 4.12. The van der Waals surface area contributed by atoms with E-state index in [1.807, 2.05) is 18.5 Å². The van der Waals surface area contributed by atoms with E-state index >= 15 is 0 Å². The third kappa shape index (κ3) is 6.57. The summed E-state index contributed by atoms with van der Waals surface area (Å²) in [5.74, 6) is 0. The van der Waals surface area contributed by atoms with Crippen molar-refractivity contribution < 1.29 is 0 Å². The van der Waals surface area contributed by atoms with Gasteiger partial charge >= 0.3 is 0 Å². The quantitative estimate of drug-likeness (QED) is 0.648. The summed E-state index contributed by atoms with van der Waals surface area (Å²) < 4.78 is 0. The number of rotatable bonds is 9. The van der Waals surface area contributed by atoms with Gasteiger partial charge in [-0.2, -0.15) is 0 Å². The molecule has 1 rings (SSSR count). The lowest BCUT2D eigenvalue weighted by Crippen LogP contribution is -1.97. The molecule has 2 heteroatoms. The van der Waals surface area contributed by atoms with Gasteiger partial charge in [-0.3, -0.25) is 4.98 Å². The van der Waals surface area contributed by atoms with Crippen LogP contribution in [-0.2, 0) is 6.42 Å². The third-order valence-electron chi connectivity index (χ3n) is 2.89. The summed E-state index contributed by atoms with van der Waals surface area (Å²) >= 11 is 0. The minimum absolute atomic E-state index is 0.848. The molecule has 90 valence electrons. The fourth-order valence-corrected chi connectivity index (χ4v) is 1.90. The predicted molar refractivity (Wildman–Crippen MR) is 69.3 cm³/mol. The van der Waals surface area contributed by atoms with Crippen LogP contribution in [0.1, 0.15) is 50.5 Å². The van der Waals surface area contributed by atoms with E-state index in [1.54, 1.807) is 0 Å². The second kappa shape index (κ2) is 9.34. The number of nitrogens with zero attached hydrogens (tertiary/aromatic N) is 1. The van der Waals surface area contributed by atoms with E-state index in [4.69, 9.17) is 5.73 Å². The number of hydrogen-bond donors (Lipinski definition) is 1. The summed E-state index contributed by atoms with van der Waals surface area (Å²) in [6, 6.07) is 4.18. The smallest absolute Gasteiger partial charge is 0.0299 e. The lowest BCUT2D eigenvalue weighted by molar-refractivity contribution is 0.581. The Morgan fingerprint density at radius 3 is 2.25 bits per heavy atom. The number of aromatic nitrogens is 1. The van der Waals surface area contributed by atoms with E-state index in [1.165, 1.54) is 56.9 Å². The van der Waals surface area contributed by atoms with E-state index < -0.39 is 0 Å². The van der Waals surface area contributed by atoms with Crippen LogP contribution in [0.5, 0.6) is 0 Å². The van der Waals surface area contributed by atoms with Crippen LogP contribution in [0.2, 0.25) is 0 Å². The molecule has 2 nitrogen and oxygen atoms in total. The number of aryl methyl sites for hydroxylation is 1. The fourth-order valence-electron chi connectivity index (χ4n) is 1.90. The van der Waals surface area contributed by atoms with Crippen molar-refractivity contribution in [1.29, 1.82) is 0 Å². The van der Waals surface area contributed by atoms with Gasteiger partial charge in [0.25, 0.3) is 0 Å². The Morgan fingerprint density at radius 2 is 1.62 bits per heavy atom. The Morgan fingerprint density at radius 1 is 0.938 bits per heavy atom. The van der Waals surface area contributed by atoms with Crippen molar-refractivity contribution >= 4 is 0 Å². The molecule has 0 atom stereocenters. The van der Waals surface area contributed by atoms with Crippen molar-refractivity contribution in [3.63, 3.8) is 0 Å². The zero-order valence-electron chi connectivity index (χ0n) is 10.2. The van der Waals surface area contributed by atoms with Crippen LogP contribution < -0.4 is 5.73 Å². The monoisotopic (exact) mass is 220 g/mol. The first-order valence-corrected chi connectivity index (χ1v) is 6.52. The number of unbranched alkanes of at least 4 members (excludes halogenated alkanes) is 6. The van der Waals surface area contributed by atoms with Crippen LogP contribution in [0.3, 0.4) is 0 Å². The molecule has 0 unspecified atom stereocenters. The Hall–Kier alpha value is -0.890. The highest BCUT2D eigenvalue weighted by Crippen LogP contribution is 2.09. The maximum absolute atomic E-state index is 5.45. The predicted octanol–water partition coefficient (Wildman–Crippen LogP) is 3.31. The summed E-state index contributed by atoms with van der Waals surface area (Å²) in [7, 11) is 0. The van der Waals surface area contributed by atoms with Crippen molar-refractivity contribution in [3.05, 3.63) is 30.1 Å². The van der Waals surface area contributed by atoms with Crippen molar-refractivity contribution in [1.82, 2.24) is 4.98 Å². The number of pyridine rings is 1. The second-order valence-corrected chi connectivity index (χ2v) is 4.37. The maximum Gasteiger partial charge on any atom is 0.0299 e. The average Bonchev–Trinajstić information content (AvgIpc) is 2.34. The summed E-state index contributed by atoms with van der Waals surface area (Å²) in [5.41, 5.74) is 6.82. The van der Waals surface area contributed by atoms with E-state index in [9.17, 15) is 0 Å². The van der Waals surface area contributed by atoms with Crippen LogP contribution in [0.25, 0.3) is 0 Å². The van der Waals surface area contributed by atoms with Gasteiger partial charge in [0.15, 0.2) is 0 Å². The Labute approximate surface area is 99.3 Å². The summed E-state index contributed by atoms with van der Waals surface area (Å²) in [6.45, 7) is 0.848. The SMILES string of the molecule is NCCCCCCCCCc1cccnc1. The first-order chi connectivity index (χ1) is 7.93. The molecular weight excluding hydrogens is 196 g/mol. The van der Waals surface area contributed by atoms with Gasteiger partial charge in [0, 0.05) is 12.4 Å². The van der Waals surface area contributed by atoms with Crippen molar-refractivity contribution in [2.75, 3.05) is 6.54 Å². The molecule has 1 aromatic rings. The van der Waals surface area contributed by atoms with E-state index in [0.717, 1.165) is 6.54 Å². The maximum atomic E-state index is 5.45. The van der Waals surface area contributed by atoms with Gasteiger partial charge in [0.1, 0.15) is 0 Å². The molecule has 0 fully saturated rings. The zero-order chi connectivity index (χ0) is 11.5. The minimum Gasteiger partial charge on any atom is -0.330 e. The molecule has 0 aromatic carbocycles. The molecule has 1 aromatic heterocycles. The molecule has 16 heavy (non-hydrogen) atoms. The van der Waals surface area contributed by atoms with Crippen LogP contribution in [0.15, 0.2) is 24.5 Å². The molecule has 2 N–H and O–H groups in total. The molecule has 0 amide bonds. The molecule has 0 aliphatic rings. The Balaban J connectivity index is 1.89. The number of hydrogen-bond acceptors (Lipinski definition) is 2. The Bertz CT molecular complexity index is 246. The van der Waals surface area contributed by atoms with Crippen molar-refractivity contribution in [2.24, 2.45) is 5.73 Å². The van der Waals surface area contributed by atoms with Crippen LogP contribution in [0, 0.1) is 0 Å². The highest BCUT2D eigenvalue weighted by molar-refractivity contribution is 5.08. The van der Waals surface area contributed by atoms with Gasteiger partial charge in [-0.15, -0.1) is 0 Å². The van der Waals surface area contributed by atoms with Crippen molar-refractivity contribution in [2.45, 2.75) is 51.4 Å². The standard InChI is InChI=1S/C14H24N2/c15-11-7-5-3-1-2-4-6-9-14-10-8-12-16-13-14/h8,10,12-13H,1-7,9,11,15H2. The van der Waals surface area contributed by atoms with Gasteiger partial charge < -0.3 is 5.73 Å². The van der Waals surface area contributed by atoms with E-state index in [0.29, 0.717) is 0 Å². The first kappa shape index (κ1) is 13.2. The highest BCUT2D eigenvalue weighted by atomic mass is 14.6. The van der Waals surface area contributed by atoms with E-state index in [2.05, 4.69) is 11.1 Å². The topological polar surface area (TPSA) is 38.9 Å². The third-order valence-corrected chi connectivity index (χ3v) is 2.89. The van der Waals surface area contributed by atoms with Crippen LogP contribution in [0.4, 0.5) is 0 Å². The van der Waals surface area contributed by atoms with Gasteiger partial charge in [0.2, 0.25) is 0 Å². The number of nitrogens with two attached hydrogens (primary N) is 1. The van der Waals surface area contributed by atoms with Gasteiger partial charge in [-0.1, -0.05) is 38.2 Å².